The Balaban J connectivity index is 2.01. The zero-order valence-corrected chi connectivity index (χ0v) is 7.13. The van der Waals surface area contributed by atoms with Gasteiger partial charge in [-0.05, 0) is 38.9 Å². The van der Waals surface area contributed by atoms with Crippen molar-refractivity contribution in [3.63, 3.8) is 0 Å². The van der Waals surface area contributed by atoms with Crippen LogP contribution in [0.25, 0.3) is 0 Å². The van der Waals surface area contributed by atoms with Gasteiger partial charge in [0, 0.05) is 6.54 Å². The first-order valence-electron chi connectivity index (χ1n) is 4.51. The molecule has 0 radical (unpaired) electrons. The van der Waals surface area contributed by atoms with Gasteiger partial charge in [0.25, 0.3) is 0 Å². The number of likely N-dealkylation sites (tertiary alicyclic amines) is 1. The zero-order valence-electron chi connectivity index (χ0n) is 7.13. The smallest absolute Gasteiger partial charge is 0.0163 e. The lowest BCUT2D eigenvalue weighted by Crippen LogP contribution is -2.18. The molecule has 1 aliphatic rings. The van der Waals surface area contributed by atoms with E-state index >= 15 is 0 Å². The minimum Gasteiger partial charge on any atom is -0.330 e. The lowest BCUT2D eigenvalue weighted by molar-refractivity contribution is 0.377. The van der Waals surface area contributed by atoms with E-state index in [1.165, 1.54) is 25.9 Å². The van der Waals surface area contributed by atoms with Crippen LogP contribution in [-0.4, -0.2) is 31.1 Å². The predicted octanol–water partition coefficient (Wildman–Crippen LogP) is 0.987. The topological polar surface area (TPSA) is 29.3 Å². The standard InChI is InChI=1S/C9H18N2/c10-6-2-1-3-7-11-8-4-5-9-11/h1,3H,2,4-10H2/b3-1-. The first-order chi connectivity index (χ1) is 5.43. The summed E-state index contributed by atoms with van der Waals surface area (Å²) in [4.78, 5) is 2.48. The van der Waals surface area contributed by atoms with Crippen molar-refractivity contribution in [2.45, 2.75) is 19.3 Å². The van der Waals surface area contributed by atoms with E-state index in [9.17, 15) is 0 Å². The molecule has 0 amide bonds. The maximum absolute atomic E-state index is 5.36. The lowest BCUT2D eigenvalue weighted by atomic mass is 10.3. The fraction of sp³-hybridized carbons (Fsp3) is 0.778. The molecule has 1 heterocycles. The molecule has 2 nitrogen and oxygen atoms in total. The molecule has 64 valence electrons. The highest BCUT2D eigenvalue weighted by molar-refractivity contribution is 4.86. The van der Waals surface area contributed by atoms with Crippen LogP contribution in [0.1, 0.15) is 19.3 Å². The van der Waals surface area contributed by atoms with E-state index in [1.54, 1.807) is 0 Å². The molecule has 1 fully saturated rings. The van der Waals surface area contributed by atoms with Crippen LogP contribution in [0.2, 0.25) is 0 Å². The molecule has 0 unspecified atom stereocenters. The lowest BCUT2D eigenvalue weighted by Gasteiger charge is -2.10. The minimum absolute atomic E-state index is 0.774. The van der Waals surface area contributed by atoms with Crippen molar-refractivity contribution >= 4 is 0 Å². The summed E-state index contributed by atoms with van der Waals surface area (Å²) in [6.45, 7) is 4.47. The molecular formula is C9H18N2. The van der Waals surface area contributed by atoms with E-state index < -0.39 is 0 Å². The van der Waals surface area contributed by atoms with Crippen molar-refractivity contribution in [3.05, 3.63) is 12.2 Å². The van der Waals surface area contributed by atoms with E-state index in [2.05, 4.69) is 17.1 Å². The Bertz CT molecular complexity index is 115. The number of nitrogens with zero attached hydrogens (tertiary/aromatic N) is 1. The van der Waals surface area contributed by atoms with Crippen LogP contribution in [0.15, 0.2) is 12.2 Å². The van der Waals surface area contributed by atoms with Crippen LogP contribution in [0.3, 0.4) is 0 Å². The first-order valence-corrected chi connectivity index (χ1v) is 4.51. The molecule has 0 aromatic carbocycles. The Hall–Kier alpha value is -0.340. The number of hydrogen-bond acceptors (Lipinski definition) is 2. The highest BCUT2D eigenvalue weighted by Gasteiger charge is 2.08. The predicted molar refractivity (Wildman–Crippen MR) is 48.5 cm³/mol. The van der Waals surface area contributed by atoms with E-state index in [-0.39, 0.29) is 0 Å². The average molecular weight is 154 g/mol. The maximum Gasteiger partial charge on any atom is 0.0163 e. The van der Waals surface area contributed by atoms with Crippen LogP contribution >= 0.6 is 0 Å². The summed E-state index contributed by atoms with van der Waals surface area (Å²) in [5.41, 5.74) is 5.36. The largest absolute Gasteiger partial charge is 0.330 e. The van der Waals surface area contributed by atoms with Crippen LogP contribution in [0.5, 0.6) is 0 Å². The van der Waals surface area contributed by atoms with Crippen molar-refractivity contribution in [2.24, 2.45) is 5.73 Å². The third kappa shape index (κ3) is 3.54. The second kappa shape index (κ2) is 5.33. The SMILES string of the molecule is NCC/C=C\CN1CCCC1. The molecule has 1 rings (SSSR count). The van der Waals surface area contributed by atoms with Gasteiger partial charge in [-0.25, -0.2) is 0 Å². The highest BCUT2D eigenvalue weighted by atomic mass is 15.1. The second-order valence-electron chi connectivity index (χ2n) is 3.06. The van der Waals surface area contributed by atoms with Crippen LogP contribution in [0.4, 0.5) is 0 Å². The minimum atomic E-state index is 0.774. The van der Waals surface area contributed by atoms with Gasteiger partial charge in [0.05, 0.1) is 0 Å². The third-order valence-electron chi connectivity index (χ3n) is 2.06. The number of rotatable bonds is 4. The molecule has 0 bridgehead atoms. The molecule has 0 saturated carbocycles. The molecule has 0 aliphatic carbocycles. The van der Waals surface area contributed by atoms with E-state index in [4.69, 9.17) is 5.73 Å². The van der Waals surface area contributed by atoms with Gasteiger partial charge in [0.15, 0.2) is 0 Å². The van der Waals surface area contributed by atoms with Crippen molar-refractivity contribution in [2.75, 3.05) is 26.2 Å². The molecule has 0 spiro atoms. The van der Waals surface area contributed by atoms with Gasteiger partial charge in [-0.15, -0.1) is 0 Å². The van der Waals surface area contributed by atoms with Crippen molar-refractivity contribution < 1.29 is 0 Å². The Kier molecular flexibility index (Phi) is 4.24. The maximum atomic E-state index is 5.36. The summed E-state index contributed by atoms with van der Waals surface area (Å²) in [7, 11) is 0. The van der Waals surface area contributed by atoms with Crippen LogP contribution in [-0.2, 0) is 0 Å². The van der Waals surface area contributed by atoms with Crippen LogP contribution in [0, 0.1) is 0 Å². The molecule has 2 N–H and O–H groups in total. The first kappa shape index (κ1) is 8.75. The summed E-state index contributed by atoms with van der Waals surface area (Å²) in [5, 5.41) is 0. The molecule has 1 saturated heterocycles. The van der Waals surface area contributed by atoms with Gasteiger partial charge >= 0.3 is 0 Å². The van der Waals surface area contributed by atoms with E-state index in [0.29, 0.717) is 0 Å². The van der Waals surface area contributed by atoms with E-state index in [1.807, 2.05) is 0 Å². The Morgan fingerprint density at radius 3 is 2.55 bits per heavy atom. The fourth-order valence-corrected chi connectivity index (χ4v) is 1.40. The quantitative estimate of drug-likeness (QED) is 0.612. The second-order valence-corrected chi connectivity index (χ2v) is 3.06. The molecule has 11 heavy (non-hydrogen) atoms. The number of nitrogens with two attached hydrogens (primary N) is 1. The summed E-state index contributed by atoms with van der Waals surface area (Å²) >= 11 is 0. The van der Waals surface area contributed by atoms with Gasteiger partial charge in [-0.3, -0.25) is 4.90 Å². The number of hydrogen-bond donors (Lipinski definition) is 1. The molecule has 1 aliphatic heterocycles. The summed E-state index contributed by atoms with van der Waals surface area (Å²) in [5.74, 6) is 0. The van der Waals surface area contributed by atoms with Gasteiger partial charge in [-0.2, -0.15) is 0 Å². The highest BCUT2D eigenvalue weighted by Crippen LogP contribution is 2.06. The van der Waals surface area contributed by atoms with Gasteiger partial charge in [0.2, 0.25) is 0 Å². The van der Waals surface area contributed by atoms with Crippen molar-refractivity contribution in [1.82, 2.24) is 4.90 Å². The average Bonchev–Trinajstić information content (AvgIpc) is 2.50. The molecule has 2 heteroatoms. The Morgan fingerprint density at radius 1 is 1.18 bits per heavy atom. The Labute approximate surface area is 69.1 Å². The normalized spacial score (nSPS) is 20.1. The van der Waals surface area contributed by atoms with Crippen LogP contribution < -0.4 is 5.73 Å². The zero-order chi connectivity index (χ0) is 7.94. The molecule has 0 aromatic rings. The third-order valence-corrected chi connectivity index (χ3v) is 2.06. The monoisotopic (exact) mass is 154 g/mol. The summed E-state index contributed by atoms with van der Waals surface area (Å²) < 4.78 is 0. The summed E-state index contributed by atoms with van der Waals surface area (Å²) in [6, 6.07) is 0. The van der Waals surface area contributed by atoms with E-state index in [0.717, 1.165) is 19.5 Å². The fourth-order valence-electron chi connectivity index (χ4n) is 1.40. The Morgan fingerprint density at radius 2 is 1.91 bits per heavy atom. The van der Waals surface area contributed by atoms with Gasteiger partial charge in [0.1, 0.15) is 0 Å². The van der Waals surface area contributed by atoms with Crippen molar-refractivity contribution in [3.8, 4) is 0 Å². The van der Waals surface area contributed by atoms with Gasteiger partial charge in [-0.1, -0.05) is 12.2 Å². The van der Waals surface area contributed by atoms with Crippen molar-refractivity contribution in [1.29, 1.82) is 0 Å². The van der Waals surface area contributed by atoms with Gasteiger partial charge < -0.3 is 5.73 Å². The summed E-state index contributed by atoms with van der Waals surface area (Å²) in [6.07, 6.45) is 8.19. The molecular weight excluding hydrogens is 136 g/mol. The molecule has 0 atom stereocenters. The molecule has 0 aromatic heterocycles.